The molecule has 0 atom stereocenters. The monoisotopic (exact) mass is 446 g/mol. The maximum absolute atomic E-state index is 12.9. The molecule has 1 amide bonds. The summed E-state index contributed by atoms with van der Waals surface area (Å²) in [7, 11) is 0. The number of carbonyl (C=O) groups is 1. The van der Waals surface area contributed by atoms with E-state index in [1.54, 1.807) is 4.68 Å². The Balaban J connectivity index is 1.46. The van der Waals surface area contributed by atoms with Crippen LogP contribution in [-0.4, -0.2) is 26.9 Å². The molecule has 0 bridgehead atoms. The van der Waals surface area contributed by atoms with Crippen LogP contribution < -0.4 is 5.32 Å². The molecular weight excluding hydrogens is 428 g/mol. The summed E-state index contributed by atoms with van der Waals surface area (Å²) in [6.07, 6.45) is 1.95. The van der Waals surface area contributed by atoms with Crippen molar-refractivity contribution in [3.8, 4) is 16.6 Å². The molecule has 0 spiro atoms. The molecule has 3 heterocycles. The SMILES string of the molecule is CSc1ccccc1C(=O)Nc1cc(C)nn1-c1nc(-c2cc3ccccc3o2)cs1. The van der Waals surface area contributed by atoms with E-state index >= 15 is 0 Å². The molecule has 8 heteroatoms. The summed E-state index contributed by atoms with van der Waals surface area (Å²) in [5.41, 5.74) is 2.97. The predicted molar refractivity (Wildman–Crippen MR) is 125 cm³/mol. The van der Waals surface area contributed by atoms with Gasteiger partial charge in [0.1, 0.15) is 17.1 Å². The van der Waals surface area contributed by atoms with Crippen LogP contribution in [0.1, 0.15) is 16.1 Å². The molecule has 1 N–H and O–H groups in total. The normalized spacial score (nSPS) is 11.2. The van der Waals surface area contributed by atoms with Crippen molar-refractivity contribution in [1.29, 1.82) is 0 Å². The number of nitrogens with zero attached hydrogens (tertiary/aromatic N) is 3. The van der Waals surface area contributed by atoms with E-state index < -0.39 is 0 Å². The van der Waals surface area contributed by atoms with Crippen molar-refractivity contribution < 1.29 is 9.21 Å². The van der Waals surface area contributed by atoms with E-state index in [-0.39, 0.29) is 5.91 Å². The standard InChI is InChI=1S/C23H18N4O2S2/c1-14-11-21(25-22(28)16-8-4-6-10-20(16)30-2)27(26-14)23-24-17(13-31-23)19-12-15-7-3-5-9-18(15)29-19/h3-13H,1-2H3,(H,25,28). The zero-order valence-electron chi connectivity index (χ0n) is 16.8. The third-order valence-corrected chi connectivity index (χ3v) is 6.39. The molecular formula is C23H18N4O2S2. The second-order valence-electron chi connectivity index (χ2n) is 6.90. The average molecular weight is 447 g/mol. The highest BCUT2D eigenvalue weighted by Gasteiger charge is 2.18. The Kier molecular flexibility index (Phi) is 5.09. The molecule has 0 aliphatic carbocycles. The van der Waals surface area contributed by atoms with Crippen LogP contribution >= 0.6 is 23.1 Å². The highest BCUT2D eigenvalue weighted by molar-refractivity contribution is 7.98. The molecule has 154 valence electrons. The fourth-order valence-electron chi connectivity index (χ4n) is 3.33. The van der Waals surface area contributed by atoms with E-state index in [0.29, 0.717) is 22.3 Å². The van der Waals surface area contributed by atoms with E-state index in [1.807, 2.05) is 79.2 Å². The second-order valence-corrected chi connectivity index (χ2v) is 8.59. The first-order chi connectivity index (χ1) is 15.1. The van der Waals surface area contributed by atoms with E-state index in [0.717, 1.165) is 27.3 Å². The number of rotatable bonds is 5. The lowest BCUT2D eigenvalue weighted by Gasteiger charge is -2.09. The number of amides is 1. The Bertz CT molecular complexity index is 1370. The maximum Gasteiger partial charge on any atom is 0.257 e. The summed E-state index contributed by atoms with van der Waals surface area (Å²) in [4.78, 5) is 18.5. The first-order valence-electron chi connectivity index (χ1n) is 9.58. The molecule has 6 nitrogen and oxygen atoms in total. The third kappa shape index (κ3) is 3.75. The quantitative estimate of drug-likeness (QED) is 0.334. The van der Waals surface area contributed by atoms with Crippen molar-refractivity contribution in [2.45, 2.75) is 11.8 Å². The van der Waals surface area contributed by atoms with Crippen LogP contribution in [0.3, 0.4) is 0 Å². The van der Waals surface area contributed by atoms with E-state index in [1.165, 1.54) is 23.1 Å². The number of carbonyl (C=O) groups excluding carboxylic acids is 1. The van der Waals surface area contributed by atoms with Gasteiger partial charge in [-0.25, -0.2) is 4.98 Å². The van der Waals surface area contributed by atoms with Gasteiger partial charge in [-0.05, 0) is 37.4 Å². The molecule has 0 aliphatic rings. The number of para-hydroxylation sites is 1. The molecule has 2 aromatic carbocycles. The molecule has 0 aliphatic heterocycles. The van der Waals surface area contributed by atoms with Gasteiger partial charge in [0, 0.05) is 21.7 Å². The summed E-state index contributed by atoms with van der Waals surface area (Å²) in [6, 6.07) is 19.2. The van der Waals surface area contributed by atoms with Crippen molar-refractivity contribution in [1.82, 2.24) is 14.8 Å². The average Bonchev–Trinajstić information content (AvgIpc) is 3.51. The zero-order valence-corrected chi connectivity index (χ0v) is 18.5. The highest BCUT2D eigenvalue weighted by Crippen LogP contribution is 2.31. The minimum atomic E-state index is -0.180. The van der Waals surface area contributed by atoms with Crippen LogP contribution in [0.2, 0.25) is 0 Å². The van der Waals surface area contributed by atoms with Crippen LogP contribution in [-0.2, 0) is 0 Å². The molecule has 0 saturated heterocycles. The number of aryl methyl sites for hydroxylation is 1. The second kappa shape index (κ2) is 8.05. The first-order valence-corrected chi connectivity index (χ1v) is 11.7. The number of nitrogens with one attached hydrogen (secondary N) is 1. The van der Waals surface area contributed by atoms with E-state index in [4.69, 9.17) is 9.40 Å². The van der Waals surface area contributed by atoms with Crippen molar-refractivity contribution in [3.63, 3.8) is 0 Å². The summed E-state index contributed by atoms with van der Waals surface area (Å²) in [6.45, 7) is 1.88. The topological polar surface area (TPSA) is 73.0 Å². The molecule has 5 rings (SSSR count). The fraction of sp³-hybridized carbons (Fsp3) is 0.0870. The van der Waals surface area contributed by atoms with Gasteiger partial charge in [-0.15, -0.1) is 23.1 Å². The molecule has 0 unspecified atom stereocenters. The van der Waals surface area contributed by atoms with Crippen LogP contribution in [0.15, 0.2) is 75.4 Å². The van der Waals surface area contributed by atoms with Crippen molar-refractivity contribution in [3.05, 3.63) is 77.3 Å². The molecule has 0 radical (unpaired) electrons. The van der Waals surface area contributed by atoms with Gasteiger partial charge in [0.15, 0.2) is 5.76 Å². The summed E-state index contributed by atoms with van der Waals surface area (Å²) < 4.78 is 7.59. The molecule has 3 aromatic heterocycles. The number of hydrogen-bond acceptors (Lipinski definition) is 6. The van der Waals surface area contributed by atoms with Gasteiger partial charge in [0.2, 0.25) is 5.13 Å². The summed E-state index contributed by atoms with van der Waals surface area (Å²) in [5.74, 6) is 1.09. The van der Waals surface area contributed by atoms with Crippen LogP contribution in [0.25, 0.3) is 27.6 Å². The van der Waals surface area contributed by atoms with Crippen LogP contribution in [0.5, 0.6) is 0 Å². The summed E-state index contributed by atoms with van der Waals surface area (Å²) in [5, 5.41) is 11.1. The van der Waals surface area contributed by atoms with Gasteiger partial charge in [-0.2, -0.15) is 9.78 Å². The third-order valence-electron chi connectivity index (χ3n) is 4.78. The van der Waals surface area contributed by atoms with Crippen molar-refractivity contribution >= 4 is 45.8 Å². The number of hydrogen-bond donors (Lipinski definition) is 1. The number of furan rings is 1. The van der Waals surface area contributed by atoms with Gasteiger partial charge in [0.25, 0.3) is 5.91 Å². The Labute approximate surface area is 186 Å². The Hall–Kier alpha value is -3.36. The highest BCUT2D eigenvalue weighted by atomic mass is 32.2. The number of aromatic nitrogens is 3. The number of thioether (sulfide) groups is 1. The largest absolute Gasteiger partial charge is 0.454 e. The number of anilines is 1. The lowest BCUT2D eigenvalue weighted by molar-refractivity contribution is 0.102. The number of thiazole rings is 1. The van der Waals surface area contributed by atoms with Gasteiger partial charge in [0.05, 0.1) is 11.3 Å². The lowest BCUT2D eigenvalue weighted by atomic mass is 10.2. The van der Waals surface area contributed by atoms with Gasteiger partial charge < -0.3 is 9.73 Å². The van der Waals surface area contributed by atoms with Crippen LogP contribution in [0, 0.1) is 6.92 Å². The van der Waals surface area contributed by atoms with Crippen molar-refractivity contribution in [2.75, 3.05) is 11.6 Å². The van der Waals surface area contributed by atoms with E-state index in [9.17, 15) is 4.79 Å². The Morgan fingerprint density at radius 3 is 2.77 bits per heavy atom. The van der Waals surface area contributed by atoms with Crippen LogP contribution in [0.4, 0.5) is 5.82 Å². The van der Waals surface area contributed by atoms with Crippen molar-refractivity contribution in [2.24, 2.45) is 0 Å². The minimum Gasteiger partial charge on any atom is -0.454 e. The Morgan fingerprint density at radius 1 is 1.13 bits per heavy atom. The molecule has 31 heavy (non-hydrogen) atoms. The van der Waals surface area contributed by atoms with Gasteiger partial charge >= 0.3 is 0 Å². The molecule has 5 aromatic rings. The van der Waals surface area contributed by atoms with Gasteiger partial charge in [-0.3, -0.25) is 4.79 Å². The summed E-state index contributed by atoms with van der Waals surface area (Å²) >= 11 is 2.98. The van der Waals surface area contributed by atoms with E-state index in [2.05, 4.69) is 10.4 Å². The fourth-order valence-corrected chi connectivity index (χ4v) is 4.70. The smallest absolute Gasteiger partial charge is 0.257 e. The first kappa shape index (κ1) is 19.6. The zero-order chi connectivity index (χ0) is 21.4. The lowest BCUT2D eigenvalue weighted by Crippen LogP contribution is -2.15. The minimum absolute atomic E-state index is 0.180. The van der Waals surface area contributed by atoms with Gasteiger partial charge in [-0.1, -0.05) is 30.3 Å². The maximum atomic E-state index is 12.9. The molecule has 0 saturated carbocycles. The predicted octanol–water partition coefficient (Wildman–Crippen LogP) is 6.02. The molecule has 0 fully saturated rings. The number of fused-ring (bicyclic) bond motifs is 1. The number of benzene rings is 2. The Morgan fingerprint density at radius 2 is 1.94 bits per heavy atom.